The average molecular weight is 238 g/mol. The van der Waals surface area contributed by atoms with Crippen LogP contribution in [0.25, 0.3) is 0 Å². The summed E-state index contributed by atoms with van der Waals surface area (Å²) in [5.74, 6) is 0. The van der Waals surface area contributed by atoms with E-state index < -0.39 is 0 Å². The number of rotatable bonds is 6. The van der Waals surface area contributed by atoms with E-state index in [0.29, 0.717) is 4.99 Å². The van der Waals surface area contributed by atoms with E-state index in [-0.39, 0.29) is 0 Å². The smallest absolute Gasteiger partial charge is 0.103 e. The molecule has 1 rings (SSSR count). The van der Waals surface area contributed by atoms with Crippen molar-refractivity contribution in [3.63, 3.8) is 0 Å². The number of nitrogens with two attached hydrogens (primary N) is 1. The molecule has 1 aromatic carbocycles. The third-order valence-electron chi connectivity index (χ3n) is 2.35. The van der Waals surface area contributed by atoms with Gasteiger partial charge in [-0.15, -0.1) is 0 Å². The molecule has 0 bridgehead atoms. The predicted octanol–water partition coefficient (Wildman–Crippen LogP) is 2.08. The van der Waals surface area contributed by atoms with Crippen molar-refractivity contribution in [1.82, 2.24) is 0 Å². The second-order valence-corrected chi connectivity index (χ2v) is 4.11. The number of methoxy groups -OCH3 is 1. The molecule has 0 aromatic heterocycles. The molecule has 88 valence electrons. The molecule has 0 unspecified atom stereocenters. The van der Waals surface area contributed by atoms with Crippen LogP contribution in [0.3, 0.4) is 0 Å². The molecular weight excluding hydrogens is 220 g/mol. The lowest BCUT2D eigenvalue weighted by atomic mass is 10.1. The summed E-state index contributed by atoms with van der Waals surface area (Å²) in [6.45, 7) is 3.72. The van der Waals surface area contributed by atoms with Crippen LogP contribution >= 0.6 is 12.2 Å². The molecule has 0 saturated carbocycles. The molecule has 0 saturated heterocycles. The highest BCUT2D eigenvalue weighted by Gasteiger charge is 2.01. The van der Waals surface area contributed by atoms with Gasteiger partial charge in [-0.3, -0.25) is 0 Å². The Hall–Kier alpha value is -1.13. The zero-order valence-electron chi connectivity index (χ0n) is 9.75. The zero-order chi connectivity index (χ0) is 12.0. The number of anilines is 1. The minimum absolute atomic E-state index is 0.439. The Balaban J connectivity index is 2.57. The molecule has 0 radical (unpaired) electrons. The Labute approximate surface area is 102 Å². The highest BCUT2D eigenvalue weighted by Crippen LogP contribution is 2.16. The number of benzene rings is 1. The van der Waals surface area contributed by atoms with Crippen molar-refractivity contribution in [2.75, 3.05) is 25.6 Å². The Morgan fingerprint density at radius 2 is 2.25 bits per heavy atom. The van der Waals surface area contributed by atoms with Crippen molar-refractivity contribution < 1.29 is 4.74 Å². The fourth-order valence-electron chi connectivity index (χ4n) is 1.45. The van der Waals surface area contributed by atoms with Gasteiger partial charge in [0.2, 0.25) is 0 Å². The summed E-state index contributed by atoms with van der Waals surface area (Å²) < 4.78 is 4.99. The molecule has 0 amide bonds. The first-order valence-corrected chi connectivity index (χ1v) is 5.69. The first-order valence-electron chi connectivity index (χ1n) is 5.28. The minimum atomic E-state index is 0.439. The number of ether oxygens (including phenoxy) is 1. The number of hydrogen-bond acceptors (Lipinski definition) is 3. The van der Waals surface area contributed by atoms with Crippen LogP contribution < -0.4 is 11.1 Å². The van der Waals surface area contributed by atoms with Gasteiger partial charge in [0.05, 0.1) is 0 Å². The summed E-state index contributed by atoms with van der Waals surface area (Å²) >= 11 is 4.93. The van der Waals surface area contributed by atoms with Crippen LogP contribution in [0.2, 0.25) is 0 Å². The summed E-state index contributed by atoms with van der Waals surface area (Å²) in [7, 11) is 1.71. The lowest BCUT2D eigenvalue weighted by molar-refractivity contribution is 0.198. The van der Waals surface area contributed by atoms with E-state index >= 15 is 0 Å². The lowest BCUT2D eigenvalue weighted by Crippen LogP contribution is -2.10. The van der Waals surface area contributed by atoms with Gasteiger partial charge in [0.15, 0.2) is 0 Å². The normalized spacial score (nSPS) is 10.1. The van der Waals surface area contributed by atoms with Gasteiger partial charge in [-0.05, 0) is 37.1 Å². The van der Waals surface area contributed by atoms with E-state index in [9.17, 15) is 0 Å². The van der Waals surface area contributed by atoms with Gasteiger partial charge in [-0.25, -0.2) is 0 Å². The van der Waals surface area contributed by atoms with Crippen molar-refractivity contribution in [2.45, 2.75) is 13.3 Å². The number of thiocarbonyl (C=S) groups is 1. The summed E-state index contributed by atoms with van der Waals surface area (Å²) in [6.07, 6.45) is 0.993. The summed E-state index contributed by atoms with van der Waals surface area (Å²) in [5, 5.41) is 3.35. The van der Waals surface area contributed by atoms with Crippen LogP contribution in [0.4, 0.5) is 5.69 Å². The van der Waals surface area contributed by atoms with Crippen molar-refractivity contribution in [2.24, 2.45) is 5.73 Å². The Morgan fingerprint density at radius 3 is 2.81 bits per heavy atom. The SMILES string of the molecule is COCCCNc1ccc(C(N)=S)cc1C. The topological polar surface area (TPSA) is 47.3 Å². The van der Waals surface area contributed by atoms with Gasteiger partial charge in [0.1, 0.15) is 4.99 Å². The van der Waals surface area contributed by atoms with Crippen LogP contribution in [0, 0.1) is 6.92 Å². The Bertz CT molecular complexity index is 366. The van der Waals surface area contributed by atoms with E-state index in [1.807, 2.05) is 25.1 Å². The van der Waals surface area contributed by atoms with Gasteiger partial charge in [-0.2, -0.15) is 0 Å². The van der Waals surface area contributed by atoms with Crippen LogP contribution in [0.1, 0.15) is 17.5 Å². The minimum Gasteiger partial charge on any atom is -0.389 e. The largest absolute Gasteiger partial charge is 0.389 e. The van der Waals surface area contributed by atoms with Gasteiger partial charge >= 0.3 is 0 Å². The average Bonchev–Trinajstić information content (AvgIpc) is 2.26. The molecule has 0 fully saturated rings. The summed E-state index contributed by atoms with van der Waals surface area (Å²) in [5.41, 5.74) is 8.76. The number of aryl methyl sites for hydroxylation is 1. The maximum absolute atomic E-state index is 5.57. The maximum Gasteiger partial charge on any atom is 0.103 e. The van der Waals surface area contributed by atoms with Crippen molar-refractivity contribution in [3.05, 3.63) is 29.3 Å². The van der Waals surface area contributed by atoms with E-state index in [1.54, 1.807) is 7.11 Å². The fraction of sp³-hybridized carbons (Fsp3) is 0.417. The second kappa shape index (κ2) is 6.45. The van der Waals surface area contributed by atoms with E-state index in [4.69, 9.17) is 22.7 Å². The number of hydrogen-bond donors (Lipinski definition) is 2. The molecule has 3 N–H and O–H groups in total. The summed E-state index contributed by atoms with van der Waals surface area (Å²) in [4.78, 5) is 0.439. The van der Waals surface area contributed by atoms with Gasteiger partial charge < -0.3 is 15.8 Å². The lowest BCUT2D eigenvalue weighted by Gasteiger charge is -2.10. The highest BCUT2D eigenvalue weighted by atomic mass is 32.1. The molecule has 1 aromatic rings. The molecule has 0 aliphatic heterocycles. The van der Waals surface area contributed by atoms with E-state index in [2.05, 4.69) is 5.32 Å². The van der Waals surface area contributed by atoms with Crippen LogP contribution in [0.5, 0.6) is 0 Å². The summed E-state index contributed by atoms with van der Waals surface area (Å²) in [6, 6.07) is 5.95. The van der Waals surface area contributed by atoms with E-state index in [1.165, 1.54) is 0 Å². The quantitative estimate of drug-likeness (QED) is 0.588. The highest BCUT2D eigenvalue weighted by molar-refractivity contribution is 7.80. The molecule has 0 spiro atoms. The second-order valence-electron chi connectivity index (χ2n) is 3.67. The third kappa shape index (κ3) is 3.79. The first-order chi connectivity index (χ1) is 7.65. The van der Waals surface area contributed by atoms with E-state index in [0.717, 1.165) is 36.4 Å². The zero-order valence-corrected chi connectivity index (χ0v) is 10.6. The molecule has 0 aliphatic carbocycles. The van der Waals surface area contributed by atoms with Gasteiger partial charge in [-0.1, -0.05) is 12.2 Å². The molecule has 0 atom stereocenters. The molecule has 0 aliphatic rings. The molecule has 0 heterocycles. The predicted molar refractivity (Wildman–Crippen MR) is 72.0 cm³/mol. The van der Waals surface area contributed by atoms with Crippen molar-refractivity contribution in [1.29, 1.82) is 0 Å². The van der Waals surface area contributed by atoms with Gasteiger partial charge in [0.25, 0.3) is 0 Å². The molecular formula is C12H18N2OS. The monoisotopic (exact) mass is 238 g/mol. The first kappa shape index (κ1) is 12.9. The standard InChI is InChI=1S/C12H18N2OS/c1-9-8-10(12(13)16)4-5-11(9)14-6-3-7-15-2/h4-5,8,14H,3,6-7H2,1-2H3,(H2,13,16). The maximum atomic E-state index is 5.57. The molecule has 4 heteroatoms. The van der Waals surface area contributed by atoms with Crippen molar-refractivity contribution >= 4 is 22.9 Å². The third-order valence-corrected chi connectivity index (χ3v) is 2.59. The fourth-order valence-corrected chi connectivity index (χ4v) is 1.58. The van der Waals surface area contributed by atoms with Crippen LogP contribution in [-0.4, -0.2) is 25.2 Å². The van der Waals surface area contributed by atoms with Crippen LogP contribution in [-0.2, 0) is 4.74 Å². The Kier molecular flexibility index (Phi) is 5.22. The van der Waals surface area contributed by atoms with Gasteiger partial charge in [0, 0.05) is 31.5 Å². The molecule has 3 nitrogen and oxygen atoms in total. The molecule has 16 heavy (non-hydrogen) atoms. The Morgan fingerprint density at radius 1 is 1.50 bits per heavy atom. The number of nitrogens with one attached hydrogen (secondary N) is 1. The van der Waals surface area contributed by atoms with Crippen LogP contribution in [0.15, 0.2) is 18.2 Å². The van der Waals surface area contributed by atoms with Crippen molar-refractivity contribution in [3.8, 4) is 0 Å².